The highest BCUT2D eigenvalue weighted by atomic mass is 32.1. The van der Waals surface area contributed by atoms with Crippen LogP contribution in [0, 0.1) is 6.92 Å². The van der Waals surface area contributed by atoms with Gasteiger partial charge >= 0.3 is 0 Å². The molecular formula is C20H21N3OS. The zero-order valence-corrected chi connectivity index (χ0v) is 15.3. The maximum absolute atomic E-state index is 12.9. The van der Waals surface area contributed by atoms with E-state index in [9.17, 15) is 4.79 Å². The van der Waals surface area contributed by atoms with Crippen molar-refractivity contribution in [3.63, 3.8) is 0 Å². The van der Waals surface area contributed by atoms with E-state index in [0.29, 0.717) is 6.54 Å². The van der Waals surface area contributed by atoms with Crippen molar-refractivity contribution < 1.29 is 4.79 Å². The highest BCUT2D eigenvalue weighted by molar-refractivity contribution is 7.13. The highest BCUT2D eigenvalue weighted by Crippen LogP contribution is 2.30. The molecule has 0 spiro atoms. The van der Waals surface area contributed by atoms with Gasteiger partial charge in [0.1, 0.15) is 4.88 Å². The lowest BCUT2D eigenvalue weighted by Gasteiger charge is -2.26. The number of carbonyl (C=O) groups excluding carboxylic acids is 1. The molecule has 5 heteroatoms. The highest BCUT2D eigenvalue weighted by Gasteiger charge is 2.24. The molecule has 0 bridgehead atoms. The molecule has 1 amide bonds. The number of carbonyl (C=O) groups is 1. The Morgan fingerprint density at radius 1 is 1.36 bits per heavy atom. The molecule has 0 aliphatic carbocycles. The number of rotatable bonds is 3. The van der Waals surface area contributed by atoms with Crippen LogP contribution in [0.25, 0.3) is 16.5 Å². The van der Waals surface area contributed by atoms with Gasteiger partial charge in [0, 0.05) is 35.8 Å². The van der Waals surface area contributed by atoms with Gasteiger partial charge in [-0.1, -0.05) is 31.2 Å². The monoisotopic (exact) mass is 351 g/mol. The number of aromatic amines is 1. The van der Waals surface area contributed by atoms with Gasteiger partial charge in [-0.3, -0.25) is 4.79 Å². The average molecular weight is 351 g/mol. The molecule has 1 aromatic carbocycles. The number of hydrogen-bond donors (Lipinski definition) is 1. The Morgan fingerprint density at radius 2 is 2.20 bits per heavy atom. The lowest BCUT2D eigenvalue weighted by atomic mass is 9.99. The van der Waals surface area contributed by atoms with Crippen molar-refractivity contribution in [3.8, 4) is 0 Å². The number of aryl methyl sites for hydroxylation is 2. The second-order valence-corrected chi connectivity index (χ2v) is 7.54. The Bertz CT molecular complexity index is 966. The Balaban J connectivity index is 1.56. The zero-order valence-electron chi connectivity index (χ0n) is 14.5. The third-order valence-corrected chi connectivity index (χ3v) is 5.77. The van der Waals surface area contributed by atoms with Crippen LogP contribution in [-0.2, 0) is 6.42 Å². The van der Waals surface area contributed by atoms with E-state index in [1.807, 2.05) is 17.9 Å². The maximum atomic E-state index is 12.9. The summed E-state index contributed by atoms with van der Waals surface area (Å²) in [4.78, 5) is 23.4. The second-order valence-electron chi connectivity index (χ2n) is 6.34. The van der Waals surface area contributed by atoms with Gasteiger partial charge in [-0.15, -0.1) is 11.3 Å². The van der Waals surface area contributed by atoms with Crippen LogP contribution in [0.2, 0.25) is 0 Å². The minimum absolute atomic E-state index is 0.122. The number of fused-ring (bicyclic) bond motifs is 1. The van der Waals surface area contributed by atoms with E-state index < -0.39 is 0 Å². The number of H-pyrrole nitrogens is 1. The Kier molecular flexibility index (Phi) is 4.17. The topological polar surface area (TPSA) is 49.0 Å². The van der Waals surface area contributed by atoms with Crippen LogP contribution < -0.4 is 0 Å². The number of nitrogens with one attached hydrogen (secondary N) is 1. The Labute approximate surface area is 151 Å². The number of amides is 1. The van der Waals surface area contributed by atoms with E-state index in [4.69, 9.17) is 0 Å². The molecule has 2 aromatic heterocycles. The quantitative estimate of drug-likeness (QED) is 0.759. The number of benzene rings is 1. The van der Waals surface area contributed by atoms with E-state index >= 15 is 0 Å². The van der Waals surface area contributed by atoms with Crippen molar-refractivity contribution in [2.24, 2.45) is 0 Å². The smallest absolute Gasteiger partial charge is 0.266 e. The Morgan fingerprint density at radius 3 is 2.96 bits per heavy atom. The molecule has 25 heavy (non-hydrogen) atoms. The first kappa shape index (κ1) is 16.1. The summed E-state index contributed by atoms with van der Waals surface area (Å²) in [7, 11) is 0. The number of para-hydroxylation sites is 1. The van der Waals surface area contributed by atoms with Gasteiger partial charge < -0.3 is 9.88 Å². The van der Waals surface area contributed by atoms with Gasteiger partial charge in [0.25, 0.3) is 5.91 Å². The molecular weight excluding hydrogens is 330 g/mol. The molecule has 4 nitrogen and oxygen atoms in total. The van der Waals surface area contributed by atoms with Crippen molar-refractivity contribution in [1.82, 2.24) is 14.9 Å². The minimum atomic E-state index is 0.122. The lowest BCUT2D eigenvalue weighted by molar-refractivity contribution is 0.0776. The predicted octanol–water partition coefficient (Wildman–Crippen LogP) is 4.42. The summed E-state index contributed by atoms with van der Waals surface area (Å²) in [5.74, 6) is 0.122. The zero-order chi connectivity index (χ0) is 17.4. The molecule has 0 unspecified atom stereocenters. The van der Waals surface area contributed by atoms with Crippen LogP contribution >= 0.6 is 11.3 Å². The third kappa shape index (κ3) is 2.89. The van der Waals surface area contributed by atoms with Crippen molar-refractivity contribution in [2.45, 2.75) is 26.7 Å². The second kappa shape index (κ2) is 6.48. The lowest BCUT2D eigenvalue weighted by Crippen LogP contribution is -2.34. The van der Waals surface area contributed by atoms with Crippen molar-refractivity contribution in [2.75, 3.05) is 13.1 Å². The fraction of sp³-hybridized carbons (Fsp3) is 0.300. The molecule has 0 atom stereocenters. The molecule has 3 aromatic rings. The van der Waals surface area contributed by atoms with Crippen LogP contribution in [0.1, 0.15) is 39.3 Å². The largest absolute Gasteiger partial charge is 0.361 e. The summed E-state index contributed by atoms with van der Waals surface area (Å²) in [5, 5.41) is 2.21. The van der Waals surface area contributed by atoms with Crippen molar-refractivity contribution >= 4 is 33.7 Å². The molecule has 0 radical (unpaired) electrons. The molecule has 0 saturated carbocycles. The van der Waals surface area contributed by atoms with Crippen LogP contribution in [-0.4, -0.2) is 33.9 Å². The molecule has 3 heterocycles. The van der Waals surface area contributed by atoms with E-state index in [-0.39, 0.29) is 5.91 Å². The Hall–Kier alpha value is -2.40. The molecule has 0 saturated heterocycles. The summed E-state index contributed by atoms with van der Waals surface area (Å²) in [6.07, 6.45) is 5.95. The number of nitrogens with zero attached hydrogens (tertiary/aromatic N) is 2. The maximum Gasteiger partial charge on any atom is 0.266 e. The first-order chi connectivity index (χ1) is 12.2. The normalized spacial score (nSPS) is 14.8. The van der Waals surface area contributed by atoms with Gasteiger partial charge in [-0.2, -0.15) is 0 Å². The van der Waals surface area contributed by atoms with Crippen molar-refractivity contribution in [3.05, 3.63) is 57.7 Å². The standard InChI is InChI=1S/C20H21N3OS/c1-3-17-19(25-13(2)22-17)20(24)23-10-8-14(9-11-23)16-12-21-18-7-5-4-6-15(16)18/h4-8,12,21H,3,9-11H2,1-2H3. The van der Waals surface area contributed by atoms with Crippen LogP contribution in [0.3, 0.4) is 0 Å². The summed E-state index contributed by atoms with van der Waals surface area (Å²) < 4.78 is 0. The minimum Gasteiger partial charge on any atom is -0.361 e. The van der Waals surface area contributed by atoms with Gasteiger partial charge in [0.15, 0.2) is 0 Å². The summed E-state index contributed by atoms with van der Waals surface area (Å²) in [6.45, 7) is 5.43. The molecule has 1 N–H and O–H groups in total. The number of aromatic nitrogens is 2. The van der Waals surface area contributed by atoms with Crippen LogP contribution in [0.15, 0.2) is 36.5 Å². The first-order valence-electron chi connectivity index (χ1n) is 8.68. The predicted molar refractivity (Wildman–Crippen MR) is 103 cm³/mol. The fourth-order valence-electron chi connectivity index (χ4n) is 3.46. The average Bonchev–Trinajstić information content (AvgIpc) is 3.24. The van der Waals surface area contributed by atoms with Gasteiger partial charge in [0.05, 0.1) is 10.7 Å². The molecule has 128 valence electrons. The molecule has 1 aliphatic heterocycles. The van der Waals surface area contributed by atoms with Crippen molar-refractivity contribution in [1.29, 1.82) is 0 Å². The van der Waals surface area contributed by atoms with Gasteiger partial charge in [-0.05, 0) is 31.4 Å². The van der Waals surface area contributed by atoms with E-state index in [2.05, 4.69) is 47.4 Å². The van der Waals surface area contributed by atoms with Crippen LogP contribution in [0.5, 0.6) is 0 Å². The van der Waals surface area contributed by atoms with Gasteiger partial charge in [0.2, 0.25) is 0 Å². The third-order valence-electron chi connectivity index (χ3n) is 4.76. The summed E-state index contributed by atoms with van der Waals surface area (Å²) in [5.41, 5.74) is 4.66. The number of hydrogen-bond acceptors (Lipinski definition) is 3. The molecule has 0 fully saturated rings. The SMILES string of the molecule is CCc1nc(C)sc1C(=O)N1CC=C(c2c[nH]c3ccccc23)CC1. The molecule has 4 rings (SSSR count). The van der Waals surface area contributed by atoms with E-state index in [0.717, 1.165) is 40.5 Å². The first-order valence-corrected chi connectivity index (χ1v) is 9.50. The summed E-state index contributed by atoms with van der Waals surface area (Å²) >= 11 is 1.51. The molecule has 1 aliphatic rings. The van der Waals surface area contributed by atoms with E-state index in [1.165, 1.54) is 27.9 Å². The summed E-state index contributed by atoms with van der Waals surface area (Å²) in [6, 6.07) is 8.35. The number of thiazole rings is 1. The van der Waals surface area contributed by atoms with E-state index in [1.54, 1.807) is 0 Å². The van der Waals surface area contributed by atoms with Crippen LogP contribution in [0.4, 0.5) is 0 Å². The van der Waals surface area contributed by atoms with Gasteiger partial charge in [-0.25, -0.2) is 4.98 Å². The fourth-order valence-corrected chi connectivity index (χ4v) is 4.43.